The number of carbonyl (C=O) groups excluding carboxylic acids is 2. The fourth-order valence-corrected chi connectivity index (χ4v) is 3.80. The van der Waals surface area contributed by atoms with Gasteiger partial charge < -0.3 is 15.3 Å². The number of alkyl halides is 3. The number of fused-ring (bicyclic) bond motifs is 1. The molecule has 0 radical (unpaired) electrons. The molecule has 33 heavy (non-hydrogen) atoms. The quantitative estimate of drug-likeness (QED) is 0.643. The minimum atomic E-state index is -4.43. The van der Waals surface area contributed by atoms with Crippen molar-refractivity contribution in [3.05, 3.63) is 58.4 Å². The Balaban J connectivity index is 1.33. The van der Waals surface area contributed by atoms with Crippen LogP contribution in [0.4, 0.5) is 13.2 Å². The summed E-state index contributed by atoms with van der Waals surface area (Å²) in [5, 5.41) is 16.1. The number of hydrogen-bond acceptors (Lipinski definition) is 4. The molecule has 0 atom stereocenters. The van der Waals surface area contributed by atoms with Crippen LogP contribution in [-0.2, 0) is 28.9 Å². The van der Waals surface area contributed by atoms with Crippen molar-refractivity contribution in [2.24, 2.45) is 0 Å². The van der Waals surface area contributed by atoms with E-state index in [4.69, 9.17) is 0 Å². The number of halogens is 3. The summed E-state index contributed by atoms with van der Waals surface area (Å²) < 4.78 is 39.4. The number of amides is 2. The lowest BCUT2D eigenvalue weighted by atomic mass is 10.1. The number of aromatic nitrogens is 2. The van der Waals surface area contributed by atoms with E-state index in [0.29, 0.717) is 24.2 Å². The van der Waals surface area contributed by atoms with E-state index in [1.165, 1.54) is 18.2 Å². The average Bonchev–Trinajstić information content (AvgIpc) is 3.54. The van der Waals surface area contributed by atoms with Crippen molar-refractivity contribution in [2.75, 3.05) is 13.1 Å². The van der Waals surface area contributed by atoms with Gasteiger partial charge in [0.25, 0.3) is 0 Å². The van der Waals surface area contributed by atoms with Crippen LogP contribution in [0.3, 0.4) is 0 Å². The number of aromatic carboxylic acids is 1. The molecule has 11 heteroatoms. The lowest BCUT2D eigenvalue weighted by molar-refractivity contribution is -0.137. The Bertz CT molecular complexity index is 1120. The van der Waals surface area contributed by atoms with Crippen LogP contribution in [0.1, 0.15) is 51.6 Å². The first-order chi connectivity index (χ1) is 15.6. The van der Waals surface area contributed by atoms with Gasteiger partial charge in [0.15, 0.2) is 5.69 Å². The lowest BCUT2D eigenvalue weighted by Crippen LogP contribution is -2.43. The second-order valence-corrected chi connectivity index (χ2v) is 8.00. The van der Waals surface area contributed by atoms with Crippen molar-refractivity contribution in [3.8, 4) is 0 Å². The van der Waals surface area contributed by atoms with Gasteiger partial charge in [0.2, 0.25) is 11.8 Å². The van der Waals surface area contributed by atoms with Crippen molar-refractivity contribution in [1.82, 2.24) is 20.0 Å². The second-order valence-electron chi connectivity index (χ2n) is 8.00. The van der Waals surface area contributed by atoms with Gasteiger partial charge in [-0.1, -0.05) is 12.1 Å². The molecule has 2 heterocycles. The molecule has 1 fully saturated rings. The Labute approximate surface area is 186 Å². The Morgan fingerprint density at radius 3 is 2.45 bits per heavy atom. The SMILES string of the molecule is O=C(/C=C/c1ccc(C(F)(F)F)cc1)NCC(=O)N1CCn2nc(C(=O)O)c(C3CC3)c2C1. The van der Waals surface area contributed by atoms with Crippen LogP contribution in [0, 0.1) is 0 Å². The van der Waals surface area contributed by atoms with E-state index < -0.39 is 23.6 Å². The van der Waals surface area contributed by atoms with Crippen molar-refractivity contribution < 1.29 is 32.7 Å². The summed E-state index contributed by atoms with van der Waals surface area (Å²) in [6.07, 6.45) is -0.135. The van der Waals surface area contributed by atoms with E-state index >= 15 is 0 Å². The fraction of sp³-hybridized carbons (Fsp3) is 0.364. The molecule has 0 spiro atoms. The lowest BCUT2D eigenvalue weighted by Gasteiger charge is -2.28. The largest absolute Gasteiger partial charge is 0.476 e. The third-order valence-electron chi connectivity index (χ3n) is 5.64. The minimum absolute atomic E-state index is 0.0449. The molecule has 1 aliphatic carbocycles. The van der Waals surface area contributed by atoms with Crippen LogP contribution in [0.2, 0.25) is 0 Å². The predicted octanol–water partition coefficient (Wildman–Crippen LogP) is 2.65. The Hall–Kier alpha value is -3.63. The summed E-state index contributed by atoms with van der Waals surface area (Å²) in [5.41, 5.74) is 1.10. The molecule has 1 aliphatic heterocycles. The number of benzene rings is 1. The van der Waals surface area contributed by atoms with Gasteiger partial charge >= 0.3 is 12.1 Å². The van der Waals surface area contributed by atoms with Crippen LogP contribution in [-0.4, -0.2) is 50.7 Å². The smallest absolute Gasteiger partial charge is 0.416 e. The zero-order valence-electron chi connectivity index (χ0n) is 17.4. The number of carbonyl (C=O) groups is 3. The number of nitrogens with zero attached hydrogens (tertiary/aromatic N) is 3. The Morgan fingerprint density at radius 2 is 1.85 bits per heavy atom. The van der Waals surface area contributed by atoms with Crippen LogP contribution in [0.25, 0.3) is 6.08 Å². The molecule has 1 saturated carbocycles. The van der Waals surface area contributed by atoms with Gasteiger partial charge in [0, 0.05) is 18.2 Å². The molecule has 174 valence electrons. The molecule has 0 bridgehead atoms. The summed E-state index contributed by atoms with van der Waals surface area (Å²) in [6, 6.07) is 4.34. The van der Waals surface area contributed by atoms with Crippen LogP contribution >= 0.6 is 0 Å². The standard InChI is InChI=1S/C22H21F3N4O4/c23-22(24,25)15-6-1-13(2-7-15)3-8-17(30)26-11-18(31)28-9-10-29-16(12-28)19(14-4-5-14)20(27-29)21(32)33/h1-3,6-8,14H,4-5,9-12H2,(H,26,30)(H,32,33)/b8-3+. The first-order valence-electron chi connectivity index (χ1n) is 10.4. The van der Waals surface area contributed by atoms with Gasteiger partial charge in [-0.25, -0.2) is 4.79 Å². The molecule has 2 amide bonds. The fourth-order valence-electron chi connectivity index (χ4n) is 3.80. The molecule has 8 nitrogen and oxygen atoms in total. The predicted molar refractivity (Wildman–Crippen MR) is 110 cm³/mol. The number of nitrogens with one attached hydrogen (secondary N) is 1. The first kappa shape index (κ1) is 22.6. The summed E-state index contributed by atoms with van der Waals surface area (Å²) in [5.74, 6) is -1.80. The summed E-state index contributed by atoms with van der Waals surface area (Å²) >= 11 is 0. The maximum Gasteiger partial charge on any atom is 0.416 e. The molecule has 1 aromatic carbocycles. The Kier molecular flexibility index (Phi) is 5.96. The van der Waals surface area contributed by atoms with Crippen molar-refractivity contribution in [1.29, 1.82) is 0 Å². The van der Waals surface area contributed by atoms with Gasteiger partial charge in [-0.05, 0) is 42.5 Å². The maximum atomic E-state index is 12.6. The molecular weight excluding hydrogens is 441 g/mol. The third-order valence-corrected chi connectivity index (χ3v) is 5.64. The summed E-state index contributed by atoms with van der Waals surface area (Å²) in [7, 11) is 0. The van der Waals surface area contributed by atoms with Crippen LogP contribution < -0.4 is 5.32 Å². The molecular formula is C22H21F3N4O4. The van der Waals surface area contributed by atoms with Crippen molar-refractivity contribution in [3.63, 3.8) is 0 Å². The van der Waals surface area contributed by atoms with E-state index in [9.17, 15) is 32.7 Å². The molecule has 0 saturated heterocycles. The number of carboxylic acids is 1. The van der Waals surface area contributed by atoms with Crippen LogP contribution in [0.15, 0.2) is 30.3 Å². The molecule has 1 aromatic heterocycles. The number of hydrogen-bond donors (Lipinski definition) is 2. The van der Waals surface area contributed by atoms with Gasteiger partial charge in [-0.15, -0.1) is 0 Å². The highest BCUT2D eigenvalue weighted by Crippen LogP contribution is 2.44. The van der Waals surface area contributed by atoms with Crippen LogP contribution in [0.5, 0.6) is 0 Å². The molecule has 2 aliphatic rings. The zero-order valence-corrected chi connectivity index (χ0v) is 17.4. The monoisotopic (exact) mass is 462 g/mol. The highest BCUT2D eigenvalue weighted by molar-refractivity contribution is 5.94. The van der Waals surface area contributed by atoms with E-state index in [2.05, 4.69) is 10.4 Å². The number of rotatable bonds is 6. The van der Waals surface area contributed by atoms with Gasteiger partial charge in [0.05, 0.1) is 30.9 Å². The van der Waals surface area contributed by atoms with Crippen molar-refractivity contribution in [2.45, 2.75) is 38.0 Å². The molecule has 0 unspecified atom stereocenters. The maximum absolute atomic E-state index is 12.6. The van der Waals surface area contributed by atoms with Gasteiger partial charge in [-0.3, -0.25) is 14.3 Å². The topological polar surface area (TPSA) is 105 Å². The van der Waals surface area contributed by atoms with E-state index in [1.807, 2.05) is 0 Å². The summed E-state index contributed by atoms with van der Waals surface area (Å²) in [4.78, 5) is 37.7. The molecule has 4 rings (SSSR count). The number of carboxylic acid groups (broad SMARTS) is 1. The van der Waals surface area contributed by atoms with Gasteiger partial charge in [-0.2, -0.15) is 18.3 Å². The normalized spacial score (nSPS) is 16.0. The minimum Gasteiger partial charge on any atom is -0.476 e. The second kappa shape index (κ2) is 8.72. The van der Waals surface area contributed by atoms with E-state index in [0.717, 1.165) is 36.7 Å². The Morgan fingerprint density at radius 1 is 1.15 bits per heavy atom. The van der Waals surface area contributed by atoms with Gasteiger partial charge in [0.1, 0.15) is 0 Å². The third kappa shape index (κ3) is 5.07. The molecule has 2 aromatic rings. The summed E-state index contributed by atoms with van der Waals surface area (Å²) in [6.45, 7) is 0.681. The van der Waals surface area contributed by atoms with E-state index in [-0.39, 0.29) is 30.6 Å². The highest BCUT2D eigenvalue weighted by atomic mass is 19.4. The average molecular weight is 462 g/mol. The zero-order chi connectivity index (χ0) is 23.8. The van der Waals surface area contributed by atoms with Crippen molar-refractivity contribution >= 4 is 23.9 Å². The first-order valence-corrected chi connectivity index (χ1v) is 10.4. The molecule has 2 N–H and O–H groups in total. The highest BCUT2D eigenvalue weighted by Gasteiger charge is 2.37. The van der Waals surface area contributed by atoms with E-state index in [1.54, 1.807) is 9.58 Å².